The summed E-state index contributed by atoms with van der Waals surface area (Å²) >= 11 is 0. The maximum atomic E-state index is 12.1. The Hall–Kier alpha value is -1.58. The summed E-state index contributed by atoms with van der Waals surface area (Å²) in [6, 6.07) is 1.99. The molecule has 0 saturated heterocycles. The topological polar surface area (TPSA) is 122 Å². The standard InChI is InChI=1S/C11H15N3O5S/c15-9-3-1-8(2-4-9)13-20(18,19)10-5-6-11(12-7-10)14(16)17/h5-9,13,15H,1-4H2. The number of nitrogens with one attached hydrogen (secondary N) is 1. The summed E-state index contributed by atoms with van der Waals surface area (Å²) < 4.78 is 26.7. The molecule has 0 aliphatic heterocycles. The van der Waals surface area contributed by atoms with Gasteiger partial charge in [-0.05, 0) is 41.7 Å². The van der Waals surface area contributed by atoms with Crippen LogP contribution in [0.25, 0.3) is 0 Å². The van der Waals surface area contributed by atoms with Crippen molar-refractivity contribution in [1.82, 2.24) is 9.71 Å². The van der Waals surface area contributed by atoms with Gasteiger partial charge < -0.3 is 15.2 Å². The second-order valence-corrected chi connectivity index (χ2v) is 6.45. The third kappa shape index (κ3) is 3.50. The molecule has 1 aromatic rings. The average molecular weight is 301 g/mol. The van der Waals surface area contributed by atoms with Crippen molar-refractivity contribution < 1.29 is 18.4 Å². The molecule has 0 spiro atoms. The molecule has 1 saturated carbocycles. The quantitative estimate of drug-likeness (QED) is 0.619. The lowest BCUT2D eigenvalue weighted by Crippen LogP contribution is -2.38. The van der Waals surface area contributed by atoms with E-state index < -0.39 is 20.8 Å². The summed E-state index contributed by atoms with van der Waals surface area (Å²) in [4.78, 5) is 13.2. The van der Waals surface area contributed by atoms with Gasteiger partial charge in [0.25, 0.3) is 0 Å². The van der Waals surface area contributed by atoms with E-state index in [1.165, 1.54) is 0 Å². The van der Waals surface area contributed by atoms with Gasteiger partial charge in [0.15, 0.2) is 6.20 Å². The first-order chi connectivity index (χ1) is 9.38. The van der Waals surface area contributed by atoms with Crippen molar-refractivity contribution in [3.8, 4) is 0 Å². The Balaban J connectivity index is 2.08. The zero-order valence-corrected chi connectivity index (χ0v) is 11.4. The highest BCUT2D eigenvalue weighted by Crippen LogP contribution is 2.20. The predicted octanol–water partition coefficient (Wildman–Crippen LogP) is 0.572. The Morgan fingerprint density at radius 2 is 1.95 bits per heavy atom. The lowest BCUT2D eigenvalue weighted by molar-refractivity contribution is -0.389. The molecule has 0 amide bonds. The van der Waals surface area contributed by atoms with Crippen molar-refractivity contribution in [1.29, 1.82) is 0 Å². The fraction of sp³-hybridized carbons (Fsp3) is 0.545. The molecule has 2 rings (SSSR count). The third-order valence-corrected chi connectivity index (χ3v) is 4.74. The zero-order chi connectivity index (χ0) is 14.8. The van der Waals surface area contributed by atoms with Crippen LogP contribution in [0.5, 0.6) is 0 Å². The second-order valence-electron chi connectivity index (χ2n) is 4.74. The van der Waals surface area contributed by atoms with E-state index in [0.29, 0.717) is 25.7 Å². The van der Waals surface area contributed by atoms with Crippen LogP contribution in [0.2, 0.25) is 0 Å². The van der Waals surface area contributed by atoms with E-state index in [4.69, 9.17) is 0 Å². The Bertz CT molecular complexity index is 579. The molecule has 1 aliphatic rings. The minimum absolute atomic E-state index is 0.103. The molecule has 0 bridgehead atoms. The van der Waals surface area contributed by atoms with Gasteiger partial charge in [0.1, 0.15) is 4.90 Å². The van der Waals surface area contributed by atoms with Crippen molar-refractivity contribution in [3.63, 3.8) is 0 Å². The largest absolute Gasteiger partial charge is 0.393 e. The Kier molecular flexibility index (Phi) is 4.31. The molecule has 0 aromatic carbocycles. The third-order valence-electron chi connectivity index (χ3n) is 3.24. The van der Waals surface area contributed by atoms with Gasteiger partial charge in [-0.2, -0.15) is 0 Å². The summed E-state index contributed by atoms with van der Waals surface area (Å²) in [6.45, 7) is 0. The normalized spacial score (nSPS) is 23.4. The summed E-state index contributed by atoms with van der Waals surface area (Å²) in [5.41, 5.74) is 0. The summed E-state index contributed by atoms with van der Waals surface area (Å²) in [6.07, 6.45) is 2.87. The van der Waals surface area contributed by atoms with Crippen molar-refractivity contribution in [2.45, 2.75) is 42.7 Å². The number of rotatable bonds is 4. The minimum atomic E-state index is -3.74. The van der Waals surface area contributed by atoms with E-state index in [9.17, 15) is 23.6 Å². The Labute approximate surface area is 116 Å². The average Bonchev–Trinajstić information content (AvgIpc) is 2.41. The van der Waals surface area contributed by atoms with Crippen LogP contribution in [-0.2, 0) is 10.0 Å². The van der Waals surface area contributed by atoms with Crippen LogP contribution in [0.3, 0.4) is 0 Å². The maximum Gasteiger partial charge on any atom is 0.363 e. The lowest BCUT2D eigenvalue weighted by Gasteiger charge is -2.25. The molecule has 20 heavy (non-hydrogen) atoms. The zero-order valence-electron chi connectivity index (χ0n) is 10.6. The van der Waals surface area contributed by atoms with Gasteiger partial charge in [0.2, 0.25) is 10.0 Å². The number of aliphatic hydroxyl groups is 1. The molecular weight excluding hydrogens is 286 g/mol. The van der Waals surface area contributed by atoms with Crippen LogP contribution >= 0.6 is 0 Å². The number of aliphatic hydroxyl groups excluding tert-OH is 1. The number of sulfonamides is 1. The van der Waals surface area contributed by atoms with Gasteiger partial charge in [-0.3, -0.25) is 0 Å². The predicted molar refractivity (Wildman–Crippen MR) is 69.5 cm³/mol. The summed E-state index contributed by atoms with van der Waals surface area (Å²) in [5, 5.41) is 19.8. The van der Waals surface area contributed by atoms with Crippen LogP contribution in [0.4, 0.5) is 5.82 Å². The maximum absolute atomic E-state index is 12.1. The molecule has 1 fully saturated rings. The fourth-order valence-corrected chi connectivity index (χ4v) is 3.37. The minimum Gasteiger partial charge on any atom is -0.393 e. The first-order valence-corrected chi connectivity index (χ1v) is 7.67. The number of hydrogen-bond acceptors (Lipinski definition) is 6. The second kappa shape index (κ2) is 5.81. The van der Waals surface area contributed by atoms with Gasteiger partial charge in [0.05, 0.1) is 6.10 Å². The molecule has 1 aromatic heterocycles. The Morgan fingerprint density at radius 3 is 2.45 bits per heavy atom. The van der Waals surface area contributed by atoms with Crippen LogP contribution < -0.4 is 4.72 Å². The molecule has 1 heterocycles. The number of aromatic nitrogens is 1. The number of nitro groups is 1. The monoisotopic (exact) mass is 301 g/mol. The van der Waals surface area contributed by atoms with E-state index in [-0.39, 0.29) is 17.0 Å². The molecule has 0 atom stereocenters. The molecule has 9 heteroatoms. The lowest BCUT2D eigenvalue weighted by atomic mass is 9.94. The SMILES string of the molecule is O=[N+]([O-])c1ccc(S(=O)(=O)NC2CCC(O)CC2)cn1. The number of hydrogen-bond donors (Lipinski definition) is 2. The van der Waals surface area contributed by atoms with Gasteiger partial charge in [0, 0.05) is 12.1 Å². The molecule has 110 valence electrons. The first kappa shape index (κ1) is 14.8. The van der Waals surface area contributed by atoms with Gasteiger partial charge in [-0.1, -0.05) is 0 Å². The molecular formula is C11H15N3O5S. The highest BCUT2D eigenvalue weighted by Gasteiger charge is 2.26. The van der Waals surface area contributed by atoms with Crippen molar-refractivity contribution in [3.05, 3.63) is 28.4 Å². The molecule has 1 aliphatic carbocycles. The van der Waals surface area contributed by atoms with E-state index in [0.717, 1.165) is 18.3 Å². The Morgan fingerprint density at radius 1 is 1.30 bits per heavy atom. The summed E-state index contributed by atoms with van der Waals surface area (Å²) in [7, 11) is -3.74. The molecule has 0 radical (unpaired) electrons. The van der Waals surface area contributed by atoms with Crippen LogP contribution in [0.15, 0.2) is 23.2 Å². The van der Waals surface area contributed by atoms with E-state index in [2.05, 4.69) is 9.71 Å². The summed E-state index contributed by atoms with van der Waals surface area (Å²) in [5.74, 6) is -0.398. The highest BCUT2D eigenvalue weighted by atomic mass is 32.2. The van der Waals surface area contributed by atoms with Crippen molar-refractivity contribution >= 4 is 15.8 Å². The van der Waals surface area contributed by atoms with Crippen molar-refractivity contribution in [2.75, 3.05) is 0 Å². The van der Waals surface area contributed by atoms with Gasteiger partial charge >= 0.3 is 5.82 Å². The van der Waals surface area contributed by atoms with Crippen molar-refractivity contribution in [2.24, 2.45) is 0 Å². The first-order valence-electron chi connectivity index (χ1n) is 6.19. The molecule has 0 unspecified atom stereocenters. The molecule has 2 N–H and O–H groups in total. The van der Waals surface area contributed by atoms with Crippen LogP contribution in [0, 0.1) is 10.1 Å². The smallest absolute Gasteiger partial charge is 0.363 e. The highest BCUT2D eigenvalue weighted by molar-refractivity contribution is 7.89. The van der Waals surface area contributed by atoms with Crippen LogP contribution in [0.1, 0.15) is 25.7 Å². The van der Waals surface area contributed by atoms with Gasteiger partial charge in [-0.25, -0.2) is 13.1 Å². The number of pyridine rings is 1. The molecule has 8 nitrogen and oxygen atoms in total. The van der Waals surface area contributed by atoms with Crippen LogP contribution in [-0.4, -0.2) is 35.6 Å². The van der Waals surface area contributed by atoms with E-state index in [1.54, 1.807) is 0 Å². The van der Waals surface area contributed by atoms with E-state index >= 15 is 0 Å². The van der Waals surface area contributed by atoms with Gasteiger partial charge in [-0.15, -0.1) is 0 Å². The fourth-order valence-electron chi connectivity index (χ4n) is 2.12. The van der Waals surface area contributed by atoms with E-state index in [1.807, 2.05) is 0 Å². The number of nitrogens with zero attached hydrogens (tertiary/aromatic N) is 2.